The molecule has 118 valence electrons. The predicted molar refractivity (Wildman–Crippen MR) is 85.8 cm³/mol. The fourth-order valence-electron chi connectivity index (χ4n) is 1.67. The van der Waals surface area contributed by atoms with E-state index >= 15 is 0 Å². The van der Waals surface area contributed by atoms with E-state index in [0.29, 0.717) is 23.6 Å². The van der Waals surface area contributed by atoms with Gasteiger partial charge in [-0.25, -0.2) is 0 Å². The number of carbonyl (C=O) groups is 2. The summed E-state index contributed by atoms with van der Waals surface area (Å²) in [5.41, 5.74) is 0. The van der Waals surface area contributed by atoms with Gasteiger partial charge in [0.05, 0.1) is 0 Å². The van der Waals surface area contributed by atoms with Gasteiger partial charge in [0.25, 0.3) is 0 Å². The second kappa shape index (κ2) is 9.79. The van der Waals surface area contributed by atoms with E-state index in [2.05, 4.69) is 13.2 Å². The van der Waals surface area contributed by atoms with Crippen LogP contribution in [0.25, 0.3) is 0 Å². The first-order chi connectivity index (χ1) is 10.5. The van der Waals surface area contributed by atoms with E-state index in [0.717, 1.165) is 0 Å². The molecule has 0 amide bonds. The van der Waals surface area contributed by atoms with Crippen LogP contribution in [-0.4, -0.2) is 18.0 Å². The molecule has 0 N–H and O–H groups in total. The zero-order chi connectivity index (χ0) is 16.4. The lowest BCUT2D eigenvalue weighted by Crippen LogP contribution is -2.16. The molecule has 0 radical (unpaired) electrons. The van der Waals surface area contributed by atoms with Crippen LogP contribution >= 0.6 is 11.6 Å². The SMILES string of the molecule is C=CCC(C=C)OC(=O)CCCC(=O)Oc1cccc(Cl)c1. The fourth-order valence-corrected chi connectivity index (χ4v) is 1.85. The standard InChI is InChI=1S/C17H19ClO4/c1-3-7-14(4-2)21-16(19)10-6-11-17(20)22-15-9-5-8-13(18)12-15/h3-5,8-9,12,14H,1-2,6-7,10-11H2. The number of rotatable bonds is 9. The molecule has 1 aromatic carbocycles. The Labute approximate surface area is 135 Å². The van der Waals surface area contributed by atoms with Gasteiger partial charge in [-0.1, -0.05) is 36.4 Å². The molecule has 1 unspecified atom stereocenters. The van der Waals surface area contributed by atoms with E-state index in [4.69, 9.17) is 21.1 Å². The second-order valence-electron chi connectivity index (χ2n) is 4.57. The van der Waals surface area contributed by atoms with Crippen molar-refractivity contribution in [1.82, 2.24) is 0 Å². The molecule has 0 heterocycles. The van der Waals surface area contributed by atoms with Crippen molar-refractivity contribution >= 4 is 23.5 Å². The van der Waals surface area contributed by atoms with Gasteiger partial charge in [-0.05, 0) is 24.6 Å². The quantitative estimate of drug-likeness (QED) is 0.390. The van der Waals surface area contributed by atoms with Crippen molar-refractivity contribution in [2.24, 2.45) is 0 Å². The number of carbonyl (C=O) groups excluding carboxylic acids is 2. The Hall–Kier alpha value is -2.07. The van der Waals surface area contributed by atoms with Gasteiger partial charge in [0.15, 0.2) is 0 Å². The van der Waals surface area contributed by atoms with Crippen LogP contribution in [-0.2, 0) is 14.3 Å². The zero-order valence-corrected chi connectivity index (χ0v) is 13.1. The Morgan fingerprint density at radius 2 is 1.95 bits per heavy atom. The van der Waals surface area contributed by atoms with E-state index in [1.165, 1.54) is 0 Å². The topological polar surface area (TPSA) is 52.6 Å². The third kappa shape index (κ3) is 7.09. The van der Waals surface area contributed by atoms with Crippen molar-refractivity contribution in [3.05, 3.63) is 54.6 Å². The molecule has 0 aliphatic carbocycles. The molecular weight excluding hydrogens is 304 g/mol. The van der Waals surface area contributed by atoms with Gasteiger partial charge in [0, 0.05) is 24.3 Å². The van der Waals surface area contributed by atoms with Crippen LogP contribution in [0.3, 0.4) is 0 Å². The molecule has 0 fully saturated rings. The molecule has 0 saturated carbocycles. The number of halogens is 1. The first-order valence-electron chi connectivity index (χ1n) is 6.94. The summed E-state index contributed by atoms with van der Waals surface area (Å²) >= 11 is 5.79. The summed E-state index contributed by atoms with van der Waals surface area (Å²) in [6.45, 7) is 7.16. The van der Waals surface area contributed by atoms with Crippen molar-refractivity contribution < 1.29 is 19.1 Å². The molecule has 0 aromatic heterocycles. The monoisotopic (exact) mass is 322 g/mol. The molecule has 1 atom stereocenters. The molecular formula is C17H19ClO4. The second-order valence-corrected chi connectivity index (χ2v) is 5.01. The molecule has 0 saturated heterocycles. The van der Waals surface area contributed by atoms with E-state index in [9.17, 15) is 9.59 Å². The van der Waals surface area contributed by atoms with Crippen LogP contribution in [0.1, 0.15) is 25.7 Å². The van der Waals surface area contributed by atoms with E-state index in [1.807, 2.05) is 0 Å². The predicted octanol–water partition coefficient (Wildman–Crippen LogP) is 4.09. The molecule has 0 bridgehead atoms. The number of hydrogen-bond donors (Lipinski definition) is 0. The lowest BCUT2D eigenvalue weighted by molar-refractivity contribution is -0.147. The first-order valence-corrected chi connectivity index (χ1v) is 7.32. The highest BCUT2D eigenvalue weighted by atomic mass is 35.5. The van der Waals surface area contributed by atoms with Gasteiger partial charge >= 0.3 is 11.9 Å². The Morgan fingerprint density at radius 3 is 2.59 bits per heavy atom. The average molecular weight is 323 g/mol. The van der Waals surface area contributed by atoms with Crippen LogP contribution in [0.5, 0.6) is 5.75 Å². The fraction of sp³-hybridized carbons (Fsp3) is 0.294. The number of esters is 2. The van der Waals surface area contributed by atoms with Crippen LogP contribution < -0.4 is 4.74 Å². The Bertz CT molecular complexity index is 539. The van der Waals surface area contributed by atoms with Crippen molar-refractivity contribution in [1.29, 1.82) is 0 Å². The Balaban J connectivity index is 2.28. The molecule has 1 aromatic rings. The molecule has 22 heavy (non-hydrogen) atoms. The minimum Gasteiger partial charge on any atom is -0.458 e. The van der Waals surface area contributed by atoms with Gasteiger partial charge < -0.3 is 9.47 Å². The van der Waals surface area contributed by atoms with Crippen LogP contribution in [0.15, 0.2) is 49.6 Å². The zero-order valence-electron chi connectivity index (χ0n) is 12.3. The summed E-state index contributed by atoms with van der Waals surface area (Å²) < 4.78 is 10.3. The van der Waals surface area contributed by atoms with Crippen molar-refractivity contribution in [2.75, 3.05) is 0 Å². The third-order valence-electron chi connectivity index (χ3n) is 2.73. The maximum absolute atomic E-state index is 11.6. The van der Waals surface area contributed by atoms with Crippen LogP contribution in [0.4, 0.5) is 0 Å². The van der Waals surface area contributed by atoms with Crippen LogP contribution in [0.2, 0.25) is 5.02 Å². The first kappa shape index (κ1) is 18.0. The van der Waals surface area contributed by atoms with E-state index < -0.39 is 5.97 Å². The minimum absolute atomic E-state index is 0.127. The largest absolute Gasteiger partial charge is 0.458 e. The summed E-state index contributed by atoms with van der Waals surface area (Å²) in [5.74, 6) is -0.401. The maximum Gasteiger partial charge on any atom is 0.311 e. The summed E-state index contributed by atoms with van der Waals surface area (Å²) in [6, 6.07) is 6.57. The summed E-state index contributed by atoms with van der Waals surface area (Å²) in [7, 11) is 0. The molecule has 4 nitrogen and oxygen atoms in total. The summed E-state index contributed by atoms with van der Waals surface area (Å²) in [4.78, 5) is 23.2. The Morgan fingerprint density at radius 1 is 1.23 bits per heavy atom. The van der Waals surface area contributed by atoms with Gasteiger partial charge in [-0.3, -0.25) is 9.59 Å². The van der Waals surface area contributed by atoms with Gasteiger partial charge in [0.2, 0.25) is 0 Å². The van der Waals surface area contributed by atoms with Crippen molar-refractivity contribution in [3.8, 4) is 5.75 Å². The minimum atomic E-state index is -0.415. The van der Waals surface area contributed by atoms with Crippen LogP contribution in [0, 0.1) is 0 Å². The highest BCUT2D eigenvalue weighted by molar-refractivity contribution is 6.30. The normalized spacial score (nSPS) is 11.3. The molecule has 5 heteroatoms. The lowest BCUT2D eigenvalue weighted by Gasteiger charge is -2.11. The molecule has 0 aliphatic rings. The van der Waals surface area contributed by atoms with E-state index in [1.54, 1.807) is 36.4 Å². The lowest BCUT2D eigenvalue weighted by atomic mass is 10.2. The highest BCUT2D eigenvalue weighted by Crippen LogP contribution is 2.18. The number of hydrogen-bond acceptors (Lipinski definition) is 4. The number of benzene rings is 1. The Kier molecular flexibility index (Phi) is 8.00. The molecule has 0 aliphatic heterocycles. The average Bonchev–Trinajstić information content (AvgIpc) is 2.46. The number of ether oxygens (including phenoxy) is 2. The van der Waals surface area contributed by atoms with E-state index in [-0.39, 0.29) is 24.9 Å². The third-order valence-corrected chi connectivity index (χ3v) is 2.97. The maximum atomic E-state index is 11.6. The summed E-state index contributed by atoms with van der Waals surface area (Å²) in [6.07, 6.45) is 3.98. The molecule has 1 rings (SSSR count). The van der Waals surface area contributed by atoms with Crippen molar-refractivity contribution in [3.63, 3.8) is 0 Å². The van der Waals surface area contributed by atoms with Gasteiger partial charge in [-0.2, -0.15) is 0 Å². The smallest absolute Gasteiger partial charge is 0.311 e. The van der Waals surface area contributed by atoms with Crippen molar-refractivity contribution in [2.45, 2.75) is 31.8 Å². The van der Waals surface area contributed by atoms with Gasteiger partial charge in [0.1, 0.15) is 11.9 Å². The summed E-state index contributed by atoms with van der Waals surface area (Å²) in [5, 5.41) is 0.492. The van der Waals surface area contributed by atoms with Gasteiger partial charge in [-0.15, -0.1) is 6.58 Å². The highest BCUT2D eigenvalue weighted by Gasteiger charge is 2.11. The molecule has 0 spiro atoms.